The first-order chi connectivity index (χ1) is 13.6. The first kappa shape index (κ1) is 18.4. The fraction of sp³-hybridized carbons (Fsp3) is 0.318. The van der Waals surface area contributed by atoms with E-state index in [0.29, 0.717) is 55.2 Å². The van der Waals surface area contributed by atoms with Gasteiger partial charge in [0.05, 0.1) is 11.1 Å². The average Bonchev–Trinajstić information content (AvgIpc) is 3.30. The lowest BCUT2D eigenvalue weighted by molar-refractivity contribution is 0.0655. The number of carbonyl (C=O) groups excluding carboxylic acids is 3. The van der Waals surface area contributed by atoms with Crippen molar-refractivity contribution in [3.05, 3.63) is 70.8 Å². The molecule has 1 saturated heterocycles. The van der Waals surface area contributed by atoms with Crippen molar-refractivity contribution in [2.24, 2.45) is 11.7 Å². The lowest BCUT2D eigenvalue weighted by atomic mass is 10.0. The molecule has 0 bridgehead atoms. The number of imide groups is 1. The molecule has 4 rings (SSSR count). The van der Waals surface area contributed by atoms with Gasteiger partial charge in [-0.25, -0.2) is 0 Å². The van der Waals surface area contributed by atoms with Crippen LogP contribution in [0.25, 0.3) is 0 Å². The van der Waals surface area contributed by atoms with Gasteiger partial charge in [0.25, 0.3) is 17.7 Å². The molecule has 0 spiro atoms. The molecule has 2 aromatic carbocycles. The Morgan fingerprint density at radius 2 is 1.79 bits per heavy atom. The summed E-state index contributed by atoms with van der Waals surface area (Å²) in [7, 11) is 0. The lowest BCUT2D eigenvalue weighted by Crippen LogP contribution is -2.31. The number of rotatable bonds is 5. The second-order valence-electron chi connectivity index (χ2n) is 7.40. The van der Waals surface area contributed by atoms with Crippen molar-refractivity contribution in [2.45, 2.75) is 12.8 Å². The smallest absolute Gasteiger partial charge is 0.261 e. The molecule has 0 saturated carbocycles. The lowest BCUT2D eigenvalue weighted by Gasteiger charge is -2.16. The monoisotopic (exact) mass is 377 g/mol. The third-order valence-electron chi connectivity index (χ3n) is 5.59. The predicted molar refractivity (Wildman–Crippen MR) is 105 cm³/mol. The van der Waals surface area contributed by atoms with Gasteiger partial charge in [0, 0.05) is 25.2 Å². The molecule has 2 heterocycles. The Morgan fingerprint density at radius 3 is 2.50 bits per heavy atom. The van der Waals surface area contributed by atoms with Gasteiger partial charge in [0.2, 0.25) is 0 Å². The van der Waals surface area contributed by atoms with E-state index in [9.17, 15) is 14.4 Å². The van der Waals surface area contributed by atoms with Gasteiger partial charge in [-0.1, -0.05) is 30.3 Å². The van der Waals surface area contributed by atoms with Crippen LogP contribution in [0.5, 0.6) is 0 Å². The maximum absolute atomic E-state index is 12.8. The number of hydrogen-bond donors (Lipinski definition) is 1. The van der Waals surface area contributed by atoms with Gasteiger partial charge in [-0.2, -0.15) is 0 Å². The van der Waals surface area contributed by atoms with Gasteiger partial charge in [-0.05, 0) is 49.1 Å². The maximum Gasteiger partial charge on any atom is 0.261 e. The van der Waals surface area contributed by atoms with Crippen LogP contribution in [-0.2, 0) is 6.42 Å². The van der Waals surface area contributed by atoms with E-state index in [1.165, 1.54) is 4.90 Å². The van der Waals surface area contributed by atoms with E-state index < -0.39 is 0 Å². The van der Waals surface area contributed by atoms with Crippen LogP contribution in [-0.4, -0.2) is 53.7 Å². The van der Waals surface area contributed by atoms with Crippen molar-refractivity contribution < 1.29 is 14.4 Å². The van der Waals surface area contributed by atoms with Crippen LogP contribution in [0.4, 0.5) is 0 Å². The largest absolute Gasteiger partial charge is 0.338 e. The van der Waals surface area contributed by atoms with Gasteiger partial charge in [-0.3, -0.25) is 19.3 Å². The standard InChI is InChI=1S/C22H23N3O3/c23-13-16-8-10-24(14-16)20(26)17-6-7-18-19(12-17)22(28)25(21(18)27)11-9-15-4-2-1-3-5-15/h1-7,12,16H,8-11,13-14,23H2. The molecule has 1 fully saturated rings. The summed E-state index contributed by atoms with van der Waals surface area (Å²) in [5, 5.41) is 0. The van der Waals surface area contributed by atoms with Gasteiger partial charge in [-0.15, -0.1) is 0 Å². The zero-order chi connectivity index (χ0) is 19.7. The molecule has 1 atom stereocenters. The molecule has 28 heavy (non-hydrogen) atoms. The van der Waals surface area contributed by atoms with Crippen LogP contribution in [0.15, 0.2) is 48.5 Å². The SMILES string of the molecule is NCC1CCN(C(=O)c2ccc3c(c2)C(=O)N(CCc2ccccc2)C3=O)C1. The average molecular weight is 377 g/mol. The topological polar surface area (TPSA) is 83.7 Å². The Bertz CT molecular complexity index is 926. The van der Waals surface area contributed by atoms with Crippen molar-refractivity contribution in [2.75, 3.05) is 26.2 Å². The number of amides is 3. The van der Waals surface area contributed by atoms with Gasteiger partial charge >= 0.3 is 0 Å². The third kappa shape index (κ3) is 3.31. The highest BCUT2D eigenvalue weighted by Crippen LogP contribution is 2.26. The van der Waals surface area contributed by atoms with E-state index in [-0.39, 0.29) is 17.7 Å². The fourth-order valence-electron chi connectivity index (χ4n) is 3.90. The molecular weight excluding hydrogens is 354 g/mol. The Morgan fingerprint density at radius 1 is 1.04 bits per heavy atom. The Kier molecular flexibility index (Phi) is 4.96. The predicted octanol–water partition coefficient (Wildman–Crippen LogP) is 1.95. The van der Waals surface area contributed by atoms with Crippen molar-refractivity contribution in [3.63, 3.8) is 0 Å². The summed E-state index contributed by atoms with van der Waals surface area (Å²) in [4.78, 5) is 41.2. The molecule has 0 aliphatic carbocycles. The number of benzene rings is 2. The molecule has 2 aliphatic rings. The van der Waals surface area contributed by atoms with Crippen molar-refractivity contribution in [3.8, 4) is 0 Å². The van der Waals surface area contributed by atoms with E-state index in [1.54, 1.807) is 23.1 Å². The number of nitrogens with zero attached hydrogens (tertiary/aromatic N) is 2. The summed E-state index contributed by atoms with van der Waals surface area (Å²) < 4.78 is 0. The molecule has 0 radical (unpaired) electrons. The van der Waals surface area contributed by atoms with Crippen LogP contribution in [0.2, 0.25) is 0 Å². The molecule has 0 aromatic heterocycles. The van der Waals surface area contributed by atoms with Crippen molar-refractivity contribution >= 4 is 17.7 Å². The zero-order valence-corrected chi connectivity index (χ0v) is 15.6. The molecule has 1 unspecified atom stereocenters. The summed E-state index contributed by atoms with van der Waals surface area (Å²) in [6.45, 7) is 2.21. The summed E-state index contributed by atoms with van der Waals surface area (Å²) in [6, 6.07) is 14.5. The quantitative estimate of drug-likeness (QED) is 0.807. The summed E-state index contributed by atoms with van der Waals surface area (Å²) >= 11 is 0. The second-order valence-corrected chi connectivity index (χ2v) is 7.40. The van der Waals surface area contributed by atoms with Crippen LogP contribution in [0.1, 0.15) is 43.1 Å². The van der Waals surface area contributed by atoms with Crippen molar-refractivity contribution in [1.82, 2.24) is 9.80 Å². The summed E-state index contributed by atoms with van der Waals surface area (Å²) in [5.74, 6) is -0.400. The molecular formula is C22H23N3O3. The highest BCUT2D eigenvalue weighted by molar-refractivity contribution is 6.22. The molecule has 6 nitrogen and oxygen atoms in total. The van der Waals surface area contributed by atoms with Crippen LogP contribution >= 0.6 is 0 Å². The van der Waals surface area contributed by atoms with Crippen LogP contribution in [0, 0.1) is 5.92 Å². The van der Waals surface area contributed by atoms with E-state index in [4.69, 9.17) is 5.73 Å². The first-order valence-corrected chi connectivity index (χ1v) is 9.62. The molecule has 144 valence electrons. The number of hydrogen-bond acceptors (Lipinski definition) is 4. The van der Waals surface area contributed by atoms with Crippen molar-refractivity contribution in [1.29, 1.82) is 0 Å². The minimum Gasteiger partial charge on any atom is -0.338 e. The van der Waals surface area contributed by atoms with Gasteiger partial charge in [0.15, 0.2) is 0 Å². The number of likely N-dealkylation sites (tertiary alicyclic amines) is 1. The third-order valence-corrected chi connectivity index (χ3v) is 5.59. The molecule has 2 aromatic rings. The number of carbonyl (C=O) groups is 3. The molecule has 2 aliphatic heterocycles. The zero-order valence-electron chi connectivity index (χ0n) is 15.6. The number of nitrogens with two attached hydrogens (primary N) is 1. The molecule has 2 N–H and O–H groups in total. The van der Waals surface area contributed by atoms with Gasteiger partial charge in [0.1, 0.15) is 0 Å². The number of fused-ring (bicyclic) bond motifs is 1. The van der Waals surface area contributed by atoms with E-state index in [0.717, 1.165) is 12.0 Å². The summed E-state index contributed by atoms with van der Waals surface area (Å²) in [6.07, 6.45) is 1.50. The van der Waals surface area contributed by atoms with Crippen LogP contribution < -0.4 is 5.73 Å². The Hall–Kier alpha value is -2.99. The van der Waals surface area contributed by atoms with Gasteiger partial charge < -0.3 is 10.6 Å². The second kappa shape index (κ2) is 7.56. The molecule has 3 amide bonds. The molecule has 6 heteroatoms. The minimum absolute atomic E-state index is 0.110. The van der Waals surface area contributed by atoms with Crippen LogP contribution in [0.3, 0.4) is 0 Å². The normalized spacial score (nSPS) is 18.7. The minimum atomic E-state index is -0.327. The highest BCUT2D eigenvalue weighted by Gasteiger charge is 2.36. The Labute approximate surface area is 163 Å². The van der Waals surface area contributed by atoms with E-state index in [2.05, 4.69) is 0 Å². The van der Waals surface area contributed by atoms with E-state index >= 15 is 0 Å². The summed E-state index contributed by atoms with van der Waals surface area (Å²) in [5.41, 5.74) is 7.91. The van der Waals surface area contributed by atoms with E-state index in [1.807, 2.05) is 30.3 Å². The fourth-order valence-corrected chi connectivity index (χ4v) is 3.90. The highest BCUT2D eigenvalue weighted by atomic mass is 16.2. The first-order valence-electron chi connectivity index (χ1n) is 9.62. The maximum atomic E-state index is 12.8. The Balaban J connectivity index is 1.50.